The summed E-state index contributed by atoms with van der Waals surface area (Å²) in [4.78, 5) is 18.4. The van der Waals surface area contributed by atoms with Crippen molar-refractivity contribution in [2.45, 2.75) is 19.3 Å². The summed E-state index contributed by atoms with van der Waals surface area (Å²) in [5.74, 6) is -0.454. The first kappa shape index (κ1) is 13.3. The number of rotatable bonds is 1. The van der Waals surface area contributed by atoms with Gasteiger partial charge in [0.05, 0.1) is 11.1 Å². The van der Waals surface area contributed by atoms with Crippen molar-refractivity contribution in [1.29, 1.82) is 0 Å². The number of nitrogens with zero attached hydrogens (tertiary/aromatic N) is 2. The smallest absolute Gasteiger partial charge is 0.257 e. The summed E-state index contributed by atoms with van der Waals surface area (Å²) in [6.45, 7) is 1.52. The molecule has 0 unspecified atom stereocenters. The number of carbonyl (C=O) groups excluding carboxylic acids is 1. The molecule has 1 aliphatic rings. The Morgan fingerprint density at radius 1 is 1.20 bits per heavy atom. The van der Waals surface area contributed by atoms with Crippen molar-refractivity contribution in [3.05, 3.63) is 40.8 Å². The third-order valence-electron chi connectivity index (χ3n) is 3.61. The third-order valence-corrected chi connectivity index (χ3v) is 3.89. The molecule has 1 saturated heterocycles. The largest absolute Gasteiger partial charge is 0.339 e. The van der Waals surface area contributed by atoms with Gasteiger partial charge in [-0.15, -0.1) is 0 Å². The molecule has 0 aliphatic carbocycles. The molecule has 0 saturated carbocycles. The van der Waals surface area contributed by atoms with Gasteiger partial charge < -0.3 is 4.90 Å². The van der Waals surface area contributed by atoms with Crippen molar-refractivity contribution in [3.8, 4) is 0 Å². The van der Waals surface area contributed by atoms with Gasteiger partial charge in [0.15, 0.2) is 0 Å². The highest BCUT2D eigenvalue weighted by Gasteiger charge is 2.21. The first-order valence-corrected chi connectivity index (χ1v) is 7.08. The van der Waals surface area contributed by atoms with Gasteiger partial charge >= 0.3 is 0 Å². The highest BCUT2D eigenvalue weighted by molar-refractivity contribution is 6.33. The summed E-state index contributed by atoms with van der Waals surface area (Å²) >= 11 is 6.09. The summed E-state index contributed by atoms with van der Waals surface area (Å²) < 4.78 is 13.2. The fourth-order valence-corrected chi connectivity index (χ4v) is 2.76. The number of likely N-dealkylation sites (tertiary alicyclic amines) is 1. The van der Waals surface area contributed by atoms with Gasteiger partial charge in [-0.2, -0.15) is 0 Å². The van der Waals surface area contributed by atoms with Crippen LogP contribution in [0.25, 0.3) is 10.9 Å². The SMILES string of the molecule is O=C(c1cc2ccc(F)cc2nc1Cl)N1CCCCC1. The van der Waals surface area contributed by atoms with Crippen LogP contribution in [0.3, 0.4) is 0 Å². The highest BCUT2D eigenvalue weighted by Crippen LogP contribution is 2.23. The van der Waals surface area contributed by atoms with Crippen molar-refractivity contribution in [3.63, 3.8) is 0 Å². The first-order chi connectivity index (χ1) is 9.65. The van der Waals surface area contributed by atoms with E-state index < -0.39 is 0 Å². The Labute approximate surface area is 121 Å². The minimum atomic E-state index is -0.365. The van der Waals surface area contributed by atoms with E-state index in [9.17, 15) is 9.18 Å². The number of pyridine rings is 1. The number of hydrogen-bond donors (Lipinski definition) is 0. The van der Waals surface area contributed by atoms with Crippen LogP contribution in [0.2, 0.25) is 5.15 Å². The minimum absolute atomic E-state index is 0.0894. The molecule has 0 atom stereocenters. The molecule has 0 radical (unpaired) electrons. The quantitative estimate of drug-likeness (QED) is 0.752. The summed E-state index contributed by atoms with van der Waals surface area (Å²) in [5, 5.41) is 0.856. The molecule has 1 fully saturated rings. The van der Waals surface area contributed by atoms with E-state index in [0.29, 0.717) is 11.1 Å². The van der Waals surface area contributed by atoms with Gasteiger partial charge in [-0.05, 0) is 37.5 Å². The Bertz CT molecular complexity index is 668. The molecule has 1 aromatic heterocycles. The predicted octanol–water partition coefficient (Wildman–Crippen LogP) is 3.65. The zero-order valence-corrected chi connectivity index (χ0v) is 11.7. The number of fused-ring (bicyclic) bond motifs is 1. The Kier molecular flexibility index (Phi) is 3.57. The number of halogens is 2. The maximum atomic E-state index is 13.2. The summed E-state index contributed by atoms with van der Waals surface area (Å²) in [6, 6.07) is 5.98. The summed E-state index contributed by atoms with van der Waals surface area (Å²) in [7, 11) is 0. The molecular formula is C15H14ClFN2O. The molecule has 1 aromatic carbocycles. The van der Waals surface area contributed by atoms with Crippen LogP contribution < -0.4 is 0 Å². The van der Waals surface area contributed by atoms with E-state index in [0.717, 1.165) is 37.7 Å². The Morgan fingerprint density at radius 2 is 1.95 bits per heavy atom. The van der Waals surface area contributed by atoms with Gasteiger partial charge in [-0.3, -0.25) is 4.79 Å². The Balaban J connectivity index is 2.00. The van der Waals surface area contributed by atoms with Crippen LogP contribution in [0, 0.1) is 5.82 Å². The highest BCUT2D eigenvalue weighted by atomic mass is 35.5. The zero-order chi connectivity index (χ0) is 14.1. The van der Waals surface area contributed by atoms with Crippen molar-refractivity contribution in [2.24, 2.45) is 0 Å². The van der Waals surface area contributed by atoms with E-state index >= 15 is 0 Å². The molecule has 2 heterocycles. The molecule has 1 amide bonds. The van der Waals surface area contributed by atoms with E-state index in [1.165, 1.54) is 12.1 Å². The molecular weight excluding hydrogens is 279 g/mol. The molecule has 2 aromatic rings. The number of amides is 1. The van der Waals surface area contributed by atoms with Crippen molar-refractivity contribution in [2.75, 3.05) is 13.1 Å². The topological polar surface area (TPSA) is 33.2 Å². The van der Waals surface area contributed by atoms with Crippen LogP contribution in [-0.4, -0.2) is 28.9 Å². The van der Waals surface area contributed by atoms with E-state index in [1.807, 2.05) is 4.90 Å². The molecule has 0 spiro atoms. The second kappa shape index (κ2) is 5.37. The lowest BCUT2D eigenvalue weighted by Crippen LogP contribution is -2.35. The van der Waals surface area contributed by atoms with E-state index in [2.05, 4.69) is 4.98 Å². The molecule has 20 heavy (non-hydrogen) atoms. The lowest BCUT2D eigenvalue weighted by Gasteiger charge is -2.27. The van der Waals surface area contributed by atoms with Gasteiger partial charge in [0, 0.05) is 24.5 Å². The van der Waals surface area contributed by atoms with Gasteiger partial charge in [0.1, 0.15) is 11.0 Å². The van der Waals surface area contributed by atoms with Crippen LogP contribution in [-0.2, 0) is 0 Å². The molecule has 0 N–H and O–H groups in total. The molecule has 0 bridgehead atoms. The third kappa shape index (κ3) is 2.48. The fraction of sp³-hybridized carbons (Fsp3) is 0.333. The molecule has 5 heteroatoms. The second-order valence-electron chi connectivity index (χ2n) is 5.02. The van der Waals surface area contributed by atoms with Gasteiger partial charge in [0.25, 0.3) is 5.91 Å². The maximum absolute atomic E-state index is 13.2. The van der Waals surface area contributed by atoms with Crippen molar-refractivity contribution in [1.82, 2.24) is 9.88 Å². The average Bonchev–Trinajstić information content (AvgIpc) is 2.46. The van der Waals surface area contributed by atoms with Gasteiger partial charge in [-0.25, -0.2) is 9.37 Å². The van der Waals surface area contributed by atoms with Crippen LogP contribution >= 0.6 is 11.6 Å². The number of hydrogen-bond acceptors (Lipinski definition) is 2. The summed E-state index contributed by atoms with van der Waals surface area (Å²) in [6.07, 6.45) is 3.21. The van der Waals surface area contributed by atoms with E-state index in [4.69, 9.17) is 11.6 Å². The summed E-state index contributed by atoms with van der Waals surface area (Å²) in [5.41, 5.74) is 0.859. The Hall–Kier alpha value is -1.68. The lowest BCUT2D eigenvalue weighted by atomic mass is 10.1. The predicted molar refractivity (Wildman–Crippen MR) is 76.5 cm³/mol. The van der Waals surface area contributed by atoms with Crippen LogP contribution in [0.4, 0.5) is 4.39 Å². The van der Waals surface area contributed by atoms with E-state index in [-0.39, 0.29) is 16.9 Å². The minimum Gasteiger partial charge on any atom is -0.339 e. The standard InChI is InChI=1S/C15H14ClFN2O/c16-14-12(15(20)19-6-2-1-3-7-19)8-10-4-5-11(17)9-13(10)18-14/h4-5,8-9H,1-3,6-7H2. The van der Waals surface area contributed by atoms with Crippen LogP contribution in [0.5, 0.6) is 0 Å². The molecule has 1 aliphatic heterocycles. The van der Waals surface area contributed by atoms with Crippen molar-refractivity contribution >= 4 is 28.4 Å². The molecule has 104 valence electrons. The van der Waals surface area contributed by atoms with E-state index in [1.54, 1.807) is 12.1 Å². The van der Waals surface area contributed by atoms with Crippen molar-refractivity contribution < 1.29 is 9.18 Å². The lowest BCUT2D eigenvalue weighted by molar-refractivity contribution is 0.0724. The van der Waals surface area contributed by atoms with Crippen LogP contribution in [0.1, 0.15) is 29.6 Å². The van der Waals surface area contributed by atoms with Gasteiger partial charge in [-0.1, -0.05) is 11.6 Å². The average molecular weight is 293 g/mol. The van der Waals surface area contributed by atoms with Crippen LogP contribution in [0.15, 0.2) is 24.3 Å². The maximum Gasteiger partial charge on any atom is 0.257 e. The Morgan fingerprint density at radius 3 is 2.70 bits per heavy atom. The fourth-order valence-electron chi connectivity index (χ4n) is 2.53. The first-order valence-electron chi connectivity index (χ1n) is 6.70. The monoisotopic (exact) mass is 292 g/mol. The van der Waals surface area contributed by atoms with Gasteiger partial charge in [0.2, 0.25) is 0 Å². The number of aromatic nitrogens is 1. The second-order valence-corrected chi connectivity index (χ2v) is 5.37. The molecule has 3 nitrogen and oxygen atoms in total. The number of piperidine rings is 1. The normalized spacial score (nSPS) is 15.6. The number of benzene rings is 1. The number of carbonyl (C=O) groups is 1. The zero-order valence-electron chi connectivity index (χ0n) is 10.9. The molecule has 3 rings (SSSR count).